The summed E-state index contributed by atoms with van der Waals surface area (Å²) in [5.41, 5.74) is 2.52. The number of allylic oxidation sites excluding steroid dienone is 1. The van der Waals surface area contributed by atoms with Gasteiger partial charge in [0.05, 0.1) is 17.6 Å². The van der Waals surface area contributed by atoms with Gasteiger partial charge in [0, 0.05) is 18.7 Å². The summed E-state index contributed by atoms with van der Waals surface area (Å²) < 4.78 is 2.32. The Morgan fingerprint density at radius 1 is 1.32 bits per heavy atom. The van der Waals surface area contributed by atoms with Crippen LogP contribution in [0.15, 0.2) is 32.1 Å². The van der Waals surface area contributed by atoms with E-state index >= 15 is 0 Å². The Balaban J connectivity index is 2.01. The van der Waals surface area contributed by atoms with Crippen molar-refractivity contribution >= 4 is 66.4 Å². The van der Waals surface area contributed by atoms with Crippen LogP contribution in [0.5, 0.6) is 0 Å². The van der Waals surface area contributed by atoms with Crippen LogP contribution in [0.25, 0.3) is 0 Å². The first kappa shape index (κ1) is 14.1. The molecule has 0 spiro atoms. The van der Waals surface area contributed by atoms with Gasteiger partial charge in [-0.1, -0.05) is 12.2 Å². The minimum Gasteiger partial charge on any atom is -0.353 e. The second kappa shape index (κ2) is 5.51. The van der Waals surface area contributed by atoms with Gasteiger partial charge in [-0.3, -0.25) is 0 Å². The van der Waals surface area contributed by atoms with Gasteiger partial charge in [-0.2, -0.15) is 0 Å². The van der Waals surface area contributed by atoms with Crippen LogP contribution < -0.4 is 4.90 Å². The van der Waals surface area contributed by atoms with E-state index in [0.717, 1.165) is 32.5 Å². The summed E-state index contributed by atoms with van der Waals surface area (Å²) in [4.78, 5) is 5.00. The molecule has 1 fully saturated rings. The molecule has 19 heavy (non-hydrogen) atoms. The topological polar surface area (TPSA) is 3.24 Å². The highest BCUT2D eigenvalue weighted by Gasteiger charge is 2.34. The molecule has 2 aliphatic rings. The molecule has 0 N–H and O–H groups in total. The first-order valence-electron chi connectivity index (χ1n) is 6.16. The molecule has 0 radical (unpaired) electrons. The van der Waals surface area contributed by atoms with Crippen LogP contribution in [-0.2, 0) is 0 Å². The third kappa shape index (κ3) is 2.67. The van der Waals surface area contributed by atoms with Crippen molar-refractivity contribution in [1.82, 2.24) is 0 Å². The molecule has 1 aromatic rings. The van der Waals surface area contributed by atoms with Gasteiger partial charge < -0.3 is 4.90 Å². The number of aryl methyl sites for hydroxylation is 1. The van der Waals surface area contributed by atoms with Crippen molar-refractivity contribution in [3.05, 3.63) is 37.6 Å². The Morgan fingerprint density at radius 2 is 2.00 bits per heavy atom. The predicted octanol–water partition coefficient (Wildman–Crippen LogP) is 5.45. The smallest absolute Gasteiger partial charge is 0.0690 e. The predicted molar refractivity (Wildman–Crippen MR) is 95.2 cm³/mol. The molecule has 100 valence electrons. The van der Waals surface area contributed by atoms with Crippen LogP contribution in [0.3, 0.4) is 0 Å². The molecular weight excluding hydrogens is 406 g/mol. The maximum absolute atomic E-state index is 5.33. The van der Waals surface area contributed by atoms with Crippen LogP contribution in [0.1, 0.15) is 18.4 Å². The lowest BCUT2D eigenvalue weighted by Gasteiger charge is -2.30. The molecule has 1 atom stereocenters. The van der Waals surface area contributed by atoms with Crippen molar-refractivity contribution in [1.29, 1.82) is 0 Å². The second-order valence-corrected chi connectivity index (χ2v) is 8.14. The van der Waals surface area contributed by atoms with E-state index in [0.29, 0.717) is 6.04 Å². The second-order valence-electron chi connectivity index (χ2n) is 4.89. The Bertz CT molecular complexity index is 560. The first-order chi connectivity index (χ1) is 9.06. The van der Waals surface area contributed by atoms with Crippen LogP contribution in [0.2, 0.25) is 0 Å². The largest absolute Gasteiger partial charge is 0.353 e. The number of nitrogens with zero attached hydrogens (tertiary/aromatic N) is 1. The number of benzene rings is 1. The van der Waals surface area contributed by atoms with Crippen molar-refractivity contribution in [2.24, 2.45) is 0 Å². The maximum Gasteiger partial charge on any atom is 0.0690 e. The molecule has 0 aromatic heterocycles. The van der Waals surface area contributed by atoms with E-state index < -0.39 is 0 Å². The number of hydrogen-bond acceptors (Lipinski definition) is 3. The molecule has 1 aromatic carbocycles. The monoisotopic (exact) mass is 417 g/mol. The van der Waals surface area contributed by atoms with Gasteiger partial charge in [-0.25, -0.2) is 0 Å². The van der Waals surface area contributed by atoms with Crippen LogP contribution in [0, 0.1) is 6.92 Å². The van der Waals surface area contributed by atoms with Crippen LogP contribution in [0.4, 0.5) is 5.69 Å². The summed E-state index contributed by atoms with van der Waals surface area (Å²) in [6.07, 6.45) is 4.36. The van der Waals surface area contributed by atoms with Gasteiger partial charge in [-0.15, -0.1) is 11.8 Å². The molecule has 1 aliphatic carbocycles. The van der Waals surface area contributed by atoms with E-state index in [1.807, 2.05) is 11.8 Å². The molecular formula is C14H13Br2NS2. The highest BCUT2D eigenvalue weighted by Crippen LogP contribution is 2.46. The van der Waals surface area contributed by atoms with E-state index in [-0.39, 0.29) is 0 Å². The molecule has 1 nitrogen and oxygen atoms in total. The number of thiocarbonyl (C=S) groups is 1. The molecule has 1 heterocycles. The molecule has 1 unspecified atom stereocenters. The molecule has 1 aliphatic heterocycles. The Labute approximate surface area is 140 Å². The van der Waals surface area contributed by atoms with Gasteiger partial charge >= 0.3 is 0 Å². The molecule has 5 heteroatoms. The van der Waals surface area contributed by atoms with Gasteiger partial charge in [-0.05, 0) is 75.4 Å². The van der Waals surface area contributed by atoms with Gasteiger partial charge in [0.2, 0.25) is 0 Å². The fourth-order valence-corrected chi connectivity index (χ4v) is 6.07. The van der Waals surface area contributed by atoms with E-state index in [1.165, 1.54) is 16.2 Å². The Hall–Kier alpha value is 0.160. The van der Waals surface area contributed by atoms with Crippen molar-refractivity contribution in [3.8, 4) is 0 Å². The molecule has 3 rings (SSSR count). The van der Waals surface area contributed by atoms with Crippen LogP contribution in [-0.4, -0.2) is 16.8 Å². The third-order valence-electron chi connectivity index (χ3n) is 3.49. The fourth-order valence-electron chi connectivity index (χ4n) is 2.62. The first-order valence-corrected chi connectivity index (χ1v) is 9.14. The zero-order chi connectivity index (χ0) is 13.6. The summed E-state index contributed by atoms with van der Waals surface area (Å²) in [5.74, 6) is 0.999. The number of rotatable bonds is 1. The van der Waals surface area contributed by atoms with Crippen LogP contribution >= 0.6 is 55.8 Å². The number of fused-ring (bicyclic) bond motifs is 1. The summed E-state index contributed by atoms with van der Waals surface area (Å²) in [5, 5.41) is 0. The van der Waals surface area contributed by atoms with E-state index in [2.05, 4.69) is 61.9 Å². The van der Waals surface area contributed by atoms with Crippen molar-refractivity contribution < 1.29 is 0 Å². The quantitative estimate of drug-likeness (QED) is 0.558. The van der Waals surface area contributed by atoms with E-state index in [9.17, 15) is 0 Å². The highest BCUT2D eigenvalue weighted by molar-refractivity contribution is 9.11. The average molecular weight is 419 g/mol. The van der Waals surface area contributed by atoms with E-state index in [4.69, 9.17) is 12.2 Å². The SMILES string of the molecule is Cc1cc(Br)c(N2CSC3=CC(=S)CCC32)c(Br)c1. The fraction of sp³-hybridized carbons (Fsp3) is 0.357. The van der Waals surface area contributed by atoms with E-state index in [1.54, 1.807) is 0 Å². The number of halogens is 2. The summed E-state index contributed by atoms with van der Waals surface area (Å²) in [6, 6.07) is 4.85. The molecule has 0 saturated carbocycles. The Kier molecular flexibility index (Phi) is 4.09. The summed E-state index contributed by atoms with van der Waals surface area (Å²) in [6.45, 7) is 2.11. The lowest BCUT2D eigenvalue weighted by atomic mass is 10.0. The Morgan fingerprint density at radius 3 is 2.68 bits per heavy atom. The van der Waals surface area contributed by atoms with Crippen molar-refractivity contribution in [2.75, 3.05) is 10.8 Å². The molecule has 0 amide bonds. The summed E-state index contributed by atoms with van der Waals surface area (Å²) >= 11 is 14.7. The number of thioether (sulfide) groups is 1. The van der Waals surface area contributed by atoms with Crippen molar-refractivity contribution in [2.45, 2.75) is 25.8 Å². The minimum absolute atomic E-state index is 0.493. The highest BCUT2D eigenvalue weighted by atomic mass is 79.9. The average Bonchev–Trinajstić information content (AvgIpc) is 2.71. The zero-order valence-corrected chi connectivity index (χ0v) is 15.3. The lowest BCUT2D eigenvalue weighted by Crippen LogP contribution is -2.32. The lowest BCUT2D eigenvalue weighted by molar-refractivity contribution is 0.690. The molecule has 0 bridgehead atoms. The summed E-state index contributed by atoms with van der Waals surface area (Å²) in [7, 11) is 0. The third-order valence-corrected chi connectivity index (χ3v) is 6.15. The van der Waals surface area contributed by atoms with Gasteiger partial charge in [0.25, 0.3) is 0 Å². The maximum atomic E-state index is 5.33. The normalized spacial score (nSPS) is 22.5. The standard InChI is InChI=1S/C14H13Br2NS2/c1-8-4-10(15)14(11(16)5-8)17-7-19-13-6-9(18)2-3-12(13)17/h4-6,12H,2-3,7H2,1H3. The molecule has 1 saturated heterocycles. The minimum atomic E-state index is 0.493. The van der Waals surface area contributed by atoms with Gasteiger partial charge in [0.1, 0.15) is 0 Å². The number of anilines is 1. The number of hydrogen-bond donors (Lipinski definition) is 0. The van der Waals surface area contributed by atoms with Gasteiger partial charge in [0.15, 0.2) is 0 Å². The zero-order valence-electron chi connectivity index (χ0n) is 10.5. The van der Waals surface area contributed by atoms with Crippen molar-refractivity contribution in [3.63, 3.8) is 0 Å².